The third-order valence-corrected chi connectivity index (χ3v) is 3.55. The van der Waals surface area contributed by atoms with Crippen LogP contribution in [-0.4, -0.2) is 23.6 Å². The van der Waals surface area contributed by atoms with Crippen LogP contribution in [0.3, 0.4) is 0 Å². The van der Waals surface area contributed by atoms with E-state index < -0.39 is 0 Å². The van der Waals surface area contributed by atoms with Crippen LogP contribution < -0.4 is 10.6 Å². The molecule has 0 aromatic carbocycles. The highest BCUT2D eigenvalue weighted by Gasteiger charge is 2.07. The lowest BCUT2D eigenvalue weighted by molar-refractivity contribution is 0.775. The molecular weight excluding hydrogens is 256 g/mol. The predicted octanol–water partition coefficient (Wildman–Crippen LogP) is 3.36. The molecule has 2 aromatic heterocycles. The highest BCUT2D eigenvalue weighted by atomic mass is 32.1. The first-order valence-corrected chi connectivity index (χ1v) is 7.45. The van der Waals surface area contributed by atoms with Gasteiger partial charge in [0.05, 0.1) is 0 Å². The molecular formula is C14H20N4S. The number of hydrogen-bond donors (Lipinski definition) is 2. The van der Waals surface area contributed by atoms with Crippen LogP contribution in [0.2, 0.25) is 0 Å². The summed E-state index contributed by atoms with van der Waals surface area (Å²) in [6.07, 6.45) is 1.01. The lowest BCUT2D eigenvalue weighted by Gasteiger charge is -2.11. The van der Waals surface area contributed by atoms with Gasteiger partial charge in [-0.05, 0) is 28.8 Å². The minimum Gasteiger partial charge on any atom is -0.373 e. The third-order valence-electron chi connectivity index (χ3n) is 2.82. The Hall–Kier alpha value is -1.62. The summed E-state index contributed by atoms with van der Waals surface area (Å²) in [5.41, 5.74) is 1.37. The minimum atomic E-state index is 0.325. The van der Waals surface area contributed by atoms with Gasteiger partial charge >= 0.3 is 0 Å². The molecule has 0 aliphatic rings. The lowest BCUT2D eigenvalue weighted by atomic mass is 10.2. The topological polar surface area (TPSA) is 49.8 Å². The summed E-state index contributed by atoms with van der Waals surface area (Å²) in [7, 11) is 1.88. The number of rotatable bonds is 6. The van der Waals surface area contributed by atoms with Crippen molar-refractivity contribution in [2.24, 2.45) is 0 Å². The van der Waals surface area contributed by atoms with Crippen LogP contribution in [0.5, 0.6) is 0 Å². The maximum absolute atomic E-state index is 4.54. The maximum atomic E-state index is 4.54. The Kier molecular flexibility index (Phi) is 4.74. The first kappa shape index (κ1) is 13.8. The molecule has 0 radical (unpaired) electrons. The molecule has 2 N–H and O–H groups in total. The molecule has 0 unspecified atom stereocenters. The highest BCUT2D eigenvalue weighted by Crippen LogP contribution is 2.16. The second-order valence-corrected chi connectivity index (χ2v) is 5.49. The van der Waals surface area contributed by atoms with E-state index in [9.17, 15) is 0 Å². The Morgan fingerprint density at radius 3 is 2.68 bits per heavy atom. The smallest absolute Gasteiger partial charge is 0.135 e. The molecule has 2 heterocycles. The Bertz CT molecular complexity index is 508. The zero-order chi connectivity index (χ0) is 13.7. The molecule has 4 nitrogen and oxygen atoms in total. The summed E-state index contributed by atoms with van der Waals surface area (Å²) in [6, 6.07) is 4.10. The molecule has 0 bridgehead atoms. The van der Waals surface area contributed by atoms with E-state index in [-0.39, 0.29) is 0 Å². The standard InChI is InChI=1S/C14H20N4S/c1-10(2)14-17-12(15-3)8-13(18-14)16-6-4-11-5-7-19-9-11/h5,7-10H,4,6H2,1-3H3,(H2,15,16,17,18). The van der Waals surface area contributed by atoms with Gasteiger partial charge < -0.3 is 10.6 Å². The van der Waals surface area contributed by atoms with Crippen molar-refractivity contribution in [3.05, 3.63) is 34.3 Å². The molecule has 0 aliphatic carbocycles. The molecule has 0 saturated heterocycles. The van der Waals surface area contributed by atoms with E-state index in [1.54, 1.807) is 11.3 Å². The van der Waals surface area contributed by atoms with Gasteiger partial charge in [0.15, 0.2) is 0 Å². The van der Waals surface area contributed by atoms with Crippen LogP contribution in [-0.2, 0) is 6.42 Å². The van der Waals surface area contributed by atoms with Crippen molar-refractivity contribution in [3.8, 4) is 0 Å². The predicted molar refractivity (Wildman–Crippen MR) is 82.2 cm³/mol. The van der Waals surface area contributed by atoms with Crippen molar-refractivity contribution in [2.75, 3.05) is 24.2 Å². The van der Waals surface area contributed by atoms with Gasteiger partial charge in [0.1, 0.15) is 17.5 Å². The van der Waals surface area contributed by atoms with Crippen molar-refractivity contribution in [1.82, 2.24) is 9.97 Å². The van der Waals surface area contributed by atoms with Crippen LogP contribution in [0.25, 0.3) is 0 Å². The quantitative estimate of drug-likeness (QED) is 0.849. The van der Waals surface area contributed by atoms with Crippen molar-refractivity contribution >= 4 is 23.0 Å². The van der Waals surface area contributed by atoms with E-state index in [0.717, 1.165) is 30.4 Å². The van der Waals surface area contributed by atoms with Crippen LogP contribution in [0.4, 0.5) is 11.6 Å². The SMILES string of the molecule is CNc1cc(NCCc2ccsc2)nc(C(C)C)n1. The van der Waals surface area contributed by atoms with E-state index in [2.05, 4.69) is 51.3 Å². The number of nitrogens with one attached hydrogen (secondary N) is 2. The van der Waals surface area contributed by atoms with Crippen molar-refractivity contribution in [3.63, 3.8) is 0 Å². The molecule has 0 spiro atoms. The Morgan fingerprint density at radius 2 is 2.05 bits per heavy atom. The molecule has 0 aliphatic heterocycles. The normalized spacial score (nSPS) is 10.7. The molecule has 0 amide bonds. The summed E-state index contributed by atoms with van der Waals surface area (Å²) in [6.45, 7) is 5.09. The molecule has 0 fully saturated rings. The zero-order valence-electron chi connectivity index (χ0n) is 11.6. The van der Waals surface area contributed by atoms with E-state index in [1.165, 1.54) is 5.56 Å². The van der Waals surface area contributed by atoms with Crippen LogP contribution in [0.15, 0.2) is 22.9 Å². The fourth-order valence-corrected chi connectivity index (χ4v) is 2.42. The second-order valence-electron chi connectivity index (χ2n) is 4.71. The monoisotopic (exact) mass is 276 g/mol. The van der Waals surface area contributed by atoms with E-state index in [1.807, 2.05) is 13.1 Å². The number of thiophene rings is 1. The van der Waals surface area contributed by atoms with Gasteiger partial charge in [0, 0.05) is 25.6 Å². The van der Waals surface area contributed by atoms with Gasteiger partial charge in [-0.3, -0.25) is 0 Å². The molecule has 0 atom stereocenters. The van der Waals surface area contributed by atoms with Gasteiger partial charge in [0.25, 0.3) is 0 Å². The van der Waals surface area contributed by atoms with E-state index in [0.29, 0.717) is 5.92 Å². The van der Waals surface area contributed by atoms with E-state index >= 15 is 0 Å². The maximum Gasteiger partial charge on any atom is 0.135 e. The Labute approximate surface area is 118 Å². The first-order valence-electron chi connectivity index (χ1n) is 6.50. The molecule has 5 heteroatoms. The molecule has 19 heavy (non-hydrogen) atoms. The average molecular weight is 276 g/mol. The number of aromatic nitrogens is 2. The average Bonchev–Trinajstić information content (AvgIpc) is 2.91. The van der Waals surface area contributed by atoms with Gasteiger partial charge in [-0.1, -0.05) is 13.8 Å². The van der Waals surface area contributed by atoms with Crippen molar-refractivity contribution in [1.29, 1.82) is 0 Å². The number of hydrogen-bond acceptors (Lipinski definition) is 5. The van der Waals surface area contributed by atoms with E-state index in [4.69, 9.17) is 0 Å². The van der Waals surface area contributed by atoms with Gasteiger partial charge in [-0.25, -0.2) is 9.97 Å². The molecule has 2 aromatic rings. The fraction of sp³-hybridized carbons (Fsp3) is 0.429. The fourth-order valence-electron chi connectivity index (χ4n) is 1.71. The zero-order valence-corrected chi connectivity index (χ0v) is 12.4. The van der Waals surface area contributed by atoms with Crippen LogP contribution >= 0.6 is 11.3 Å². The van der Waals surface area contributed by atoms with Crippen LogP contribution in [0, 0.1) is 0 Å². The number of nitrogens with zero attached hydrogens (tertiary/aromatic N) is 2. The van der Waals surface area contributed by atoms with Gasteiger partial charge in [-0.15, -0.1) is 0 Å². The summed E-state index contributed by atoms with van der Waals surface area (Å²) in [4.78, 5) is 8.99. The summed E-state index contributed by atoms with van der Waals surface area (Å²) in [5.74, 6) is 2.94. The number of anilines is 2. The molecule has 2 rings (SSSR count). The minimum absolute atomic E-state index is 0.325. The summed E-state index contributed by atoms with van der Waals surface area (Å²) in [5, 5.41) is 10.7. The highest BCUT2D eigenvalue weighted by molar-refractivity contribution is 7.07. The Balaban J connectivity index is 2.00. The molecule has 102 valence electrons. The first-order chi connectivity index (χ1) is 9.19. The van der Waals surface area contributed by atoms with Crippen molar-refractivity contribution in [2.45, 2.75) is 26.2 Å². The largest absolute Gasteiger partial charge is 0.373 e. The Morgan fingerprint density at radius 1 is 1.26 bits per heavy atom. The summed E-state index contributed by atoms with van der Waals surface area (Å²) >= 11 is 1.73. The molecule has 0 saturated carbocycles. The second kappa shape index (κ2) is 6.52. The van der Waals surface area contributed by atoms with Gasteiger partial charge in [0.2, 0.25) is 0 Å². The van der Waals surface area contributed by atoms with Gasteiger partial charge in [-0.2, -0.15) is 11.3 Å². The third kappa shape index (κ3) is 3.92. The lowest BCUT2D eigenvalue weighted by Crippen LogP contribution is -2.09. The summed E-state index contributed by atoms with van der Waals surface area (Å²) < 4.78 is 0. The van der Waals surface area contributed by atoms with Crippen LogP contribution in [0.1, 0.15) is 31.2 Å². The van der Waals surface area contributed by atoms with Crippen molar-refractivity contribution < 1.29 is 0 Å².